The molecular formula is C7H12BrN3. The van der Waals surface area contributed by atoms with Gasteiger partial charge in [0.25, 0.3) is 0 Å². The molecule has 0 saturated heterocycles. The highest BCUT2D eigenvalue weighted by molar-refractivity contribution is 9.10. The van der Waals surface area contributed by atoms with Gasteiger partial charge >= 0.3 is 0 Å². The highest BCUT2D eigenvalue weighted by Crippen LogP contribution is 2.26. The molecular weight excluding hydrogens is 206 g/mol. The van der Waals surface area contributed by atoms with Crippen molar-refractivity contribution >= 4 is 15.9 Å². The van der Waals surface area contributed by atoms with Crippen LogP contribution in [0, 0.1) is 0 Å². The van der Waals surface area contributed by atoms with Crippen LogP contribution < -0.4 is 0 Å². The van der Waals surface area contributed by atoms with E-state index in [0.29, 0.717) is 0 Å². The van der Waals surface area contributed by atoms with E-state index in [-0.39, 0.29) is 5.41 Å². The van der Waals surface area contributed by atoms with E-state index >= 15 is 0 Å². The van der Waals surface area contributed by atoms with Gasteiger partial charge in [0.05, 0.1) is 0 Å². The third kappa shape index (κ3) is 1.61. The largest absolute Gasteiger partial charge is 0.241 e. The lowest BCUT2D eigenvalue weighted by Crippen LogP contribution is -2.12. The first-order valence-electron chi connectivity index (χ1n) is 3.48. The monoisotopic (exact) mass is 217 g/mol. The summed E-state index contributed by atoms with van der Waals surface area (Å²) in [5, 5.41) is 7.96. The van der Waals surface area contributed by atoms with Gasteiger partial charge in [0.1, 0.15) is 10.3 Å². The fourth-order valence-corrected chi connectivity index (χ4v) is 1.55. The zero-order valence-electron chi connectivity index (χ0n) is 7.22. The Hall–Kier alpha value is -0.380. The Morgan fingerprint density at radius 1 is 1.36 bits per heavy atom. The molecule has 62 valence electrons. The van der Waals surface area contributed by atoms with E-state index in [2.05, 4.69) is 47.0 Å². The van der Waals surface area contributed by atoms with Gasteiger partial charge in [0.15, 0.2) is 0 Å². The summed E-state index contributed by atoms with van der Waals surface area (Å²) in [7, 11) is 1.87. The van der Waals surface area contributed by atoms with Crippen molar-refractivity contribution in [3.05, 3.63) is 10.3 Å². The molecule has 1 heterocycles. The summed E-state index contributed by atoms with van der Waals surface area (Å²) in [6.45, 7) is 6.34. The van der Waals surface area contributed by atoms with Gasteiger partial charge in [-0.3, -0.25) is 0 Å². The van der Waals surface area contributed by atoms with Gasteiger partial charge in [0.2, 0.25) is 0 Å². The van der Waals surface area contributed by atoms with Crippen LogP contribution in [0.1, 0.15) is 26.5 Å². The van der Waals surface area contributed by atoms with Crippen molar-refractivity contribution in [3.63, 3.8) is 0 Å². The molecule has 1 rings (SSSR count). The quantitative estimate of drug-likeness (QED) is 0.665. The van der Waals surface area contributed by atoms with Crippen molar-refractivity contribution < 1.29 is 0 Å². The van der Waals surface area contributed by atoms with Crippen molar-refractivity contribution in [2.45, 2.75) is 26.2 Å². The first kappa shape index (κ1) is 8.71. The molecule has 11 heavy (non-hydrogen) atoms. The highest BCUT2D eigenvalue weighted by Gasteiger charge is 2.21. The van der Waals surface area contributed by atoms with Crippen molar-refractivity contribution in [3.8, 4) is 0 Å². The zero-order chi connectivity index (χ0) is 8.65. The smallest absolute Gasteiger partial charge is 0.127 e. The minimum absolute atomic E-state index is 0.0626. The Labute approximate surface area is 74.9 Å². The molecule has 4 heteroatoms. The summed E-state index contributed by atoms with van der Waals surface area (Å²) in [6, 6.07) is 0. The van der Waals surface area contributed by atoms with Gasteiger partial charge in [0, 0.05) is 12.5 Å². The minimum Gasteiger partial charge on any atom is -0.241 e. The fourth-order valence-electron chi connectivity index (χ4n) is 0.805. The molecule has 0 bridgehead atoms. The number of aromatic nitrogens is 3. The third-order valence-electron chi connectivity index (χ3n) is 1.47. The normalized spacial score (nSPS) is 12.1. The van der Waals surface area contributed by atoms with Crippen LogP contribution in [0.5, 0.6) is 0 Å². The van der Waals surface area contributed by atoms with Crippen LogP contribution in [-0.2, 0) is 12.5 Å². The number of hydrogen-bond donors (Lipinski definition) is 0. The molecule has 0 unspecified atom stereocenters. The predicted octanol–water partition coefficient (Wildman–Crippen LogP) is 1.88. The van der Waals surface area contributed by atoms with Gasteiger partial charge in [-0.25, -0.2) is 4.68 Å². The second kappa shape index (κ2) is 2.59. The van der Waals surface area contributed by atoms with Crippen molar-refractivity contribution in [1.82, 2.24) is 15.0 Å². The third-order valence-corrected chi connectivity index (χ3v) is 2.36. The molecule has 3 nitrogen and oxygen atoms in total. The molecule has 0 fully saturated rings. The molecule has 0 spiro atoms. The van der Waals surface area contributed by atoms with Gasteiger partial charge in [-0.2, -0.15) is 0 Å². The molecule has 1 aromatic heterocycles. The molecule has 0 radical (unpaired) electrons. The van der Waals surface area contributed by atoms with Crippen LogP contribution >= 0.6 is 15.9 Å². The Morgan fingerprint density at radius 3 is 2.09 bits per heavy atom. The first-order chi connectivity index (χ1) is 4.93. The first-order valence-corrected chi connectivity index (χ1v) is 4.28. The van der Waals surface area contributed by atoms with Crippen molar-refractivity contribution in [2.24, 2.45) is 7.05 Å². The van der Waals surface area contributed by atoms with Crippen molar-refractivity contribution in [2.75, 3.05) is 0 Å². The molecule has 1 aromatic rings. The Kier molecular flexibility index (Phi) is 2.05. The zero-order valence-corrected chi connectivity index (χ0v) is 8.81. The Morgan fingerprint density at radius 2 is 1.91 bits per heavy atom. The van der Waals surface area contributed by atoms with E-state index in [1.165, 1.54) is 0 Å². The lowest BCUT2D eigenvalue weighted by molar-refractivity contribution is 0.564. The lowest BCUT2D eigenvalue weighted by Gasteiger charge is -2.14. The van der Waals surface area contributed by atoms with Gasteiger partial charge in [-0.15, -0.1) is 5.10 Å². The Balaban J connectivity index is 3.15. The molecule has 0 aliphatic heterocycles. The molecule has 0 amide bonds. The topological polar surface area (TPSA) is 30.7 Å². The maximum absolute atomic E-state index is 4.05. The fraction of sp³-hybridized carbons (Fsp3) is 0.714. The van der Waals surface area contributed by atoms with Crippen LogP contribution in [0.3, 0.4) is 0 Å². The predicted molar refractivity (Wildman–Crippen MR) is 47.4 cm³/mol. The number of hydrogen-bond acceptors (Lipinski definition) is 2. The van der Waals surface area contributed by atoms with E-state index in [1.807, 2.05) is 7.05 Å². The Bertz CT molecular complexity index is 259. The number of nitrogens with zero attached hydrogens (tertiary/aromatic N) is 3. The highest BCUT2D eigenvalue weighted by atomic mass is 79.9. The van der Waals surface area contributed by atoms with Crippen LogP contribution in [0.2, 0.25) is 0 Å². The van der Waals surface area contributed by atoms with Crippen LogP contribution in [0.4, 0.5) is 0 Å². The van der Waals surface area contributed by atoms with Crippen LogP contribution in [0.25, 0.3) is 0 Å². The minimum atomic E-state index is 0.0626. The molecule has 0 N–H and O–H groups in total. The van der Waals surface area contributed by atoms with Crippen molar-refractivity contribution in [1.29, 1.82) is 0 Å². The summed E-state index contributed by atoms with van der Waals surface area (Å²) in [4.78, 5) is 0. The number of rotatable bonds is 0. The van der Waals surface area contributed by atoms with Crippen LogP contribution in [-0.4, -0.2) is 15.0 Å². The number of aryl methyl sites for hydroxylation is 1. The maximum atomic E-state index is 4.05. The maximum Gasteiger partial charge on any atom is 0.127 e. The molecule has 0 saturated carbocycles. The summed E-state index contributed by atoms with van der Waals surface area (Å²) in [5.74, 6) is 0. The second-order valence-corrected chi connectivity index (χ2v) is 4.35. The molecule has 0 atom stereocenters. The SMILES string of the molecule is Cn1nnc(C(C)(C)C)c1Br. The molecule has 0 aromatic carbocycles. The molecule has 0 aliphatic rings. The lowest BCUT2D eigenvalue weighted by atomic mass is 9.93. The van der Waals surface area contributed by atoms with E-state index in [9.17, 15) is 0 Å². The summed E-state index contributed by atoms with van der Waals surface area (Å²) < 4.78 is 2.69. The van der Waals surface area contributed by atoms with Crippen LogP contribution in [0.15, 0.2) is 4.60 Å². The second-order valence-electron chi connectivity index (χ2n) is 3.60. The average molecular weight is 218 g/mol. The summed E-state index contributed by atoms with van der Waals surface area (Å²) in [6.07, 6.45) is 0. The number of halogens is 1. The van der Waals surface area contributed by atoms with Gasteiger partial charge in [-0.05, 0) is 15.9 Å². The van der Waals surface area contributed by atoms with E-state index < -0.39 is 0 Å². The van der Waals surface area contributed by atoms with Gasteiger partial charge < -0.3 is 0 Å². The summed E-state index contributed by atoms with van der Waals surface area (Å²) in [5.41, 5.74) is 1.06. The van der Waals surface area contributed by atoms with E-state index in [4.69, 9.17) is 0 Å². The van der Waals surface area contributed by atoms with Gasteiger partial charge in [-0.1, -0.05) is 26.0 Å². The standard InChI is InChI=1S/C7H12BrN3/c1-7(2,3)5-6(8)11(4)10-9-5/h1-4H3. The van der Waals surface area contributed by atoms with E-state index in [0.717, 1.165) is 10.3 Å². The average Bonchev–Trinajstić information content (AvgIpc) is 2.11. The van der Waals surface area contributed by atoms with E-state index in [1.54, 1.807) is 4.68 Å². The molecule has 0 aliphatic carbocycles. The summed E-state index contributed by atoms with van der Waals surface area (Å²) >= 11 is 3.42.